The van der Waals surface area contributed by atoms with E-state index in [9.17, 15) is 13.2 Å². The fraction of sp³-hybridized carbons (Fsp3) is 0.240. The molecule has 0 bridgehead atoms. The molecule has 1 atom stereocenters. The molecule has 1 aliphatic rings. The van der Waals surface area contributed by atoms with Crippen LogP contribution in [0.4, 0.5) is 5.69 Å². The molecule has 0 aliphatic carbocycles. The normalized spacial score (nSPS) is 13.8. The highest BCUT2D eigenvalue weighted by molar-refractivity contribution is 7.92. The molecule has 172 valence electrons. The molecule has 0 fully saturated rings. The van der Waals surface area contributed by atoms with Gasteiger partial charge < -0.3 is 14.8 Å². The standard InChI is InChI=1S/C25H26N2O5S/c1-17(22-16-20(31-2)11-12-24(22)32-3)26-25(28)19-8-6-9-21(15-19)33(29,30)27-14-13-18-7-4-5-10-23(18)27/h4-12,15-17H,13-14H2,1-3H3,(H,26,28). The van der Waals surface area contributed by atoms with Crippen LogP contribution in [0.25, 0.3) is 0 Å². The number of carbonyl (C=O) groups is 1. The van der Waals surface area contributed by atoms with Crippen molar-refractivity contribution in [2.75, 3.05) is 25.1 Å². The minimum Gasteiger partial charge on any atom is -0.497 e. The number of sulfonamides is 1. The lowest BCUT2D eigenvalue weighted by Gasteiger charge is -2.20. The van der Waals surface area contributed by atoms with E-state index < -0.39 is 16.1 Å². The number of nitrogens with one attached hydrogen (secondary N) is 1. The highest BCUT2D eigenvalue weighted by Crippen LogP contribution is 2.33. The molecule has 0 saturated heterocycles. The lowest BCUT2D eigenvalue weighted by atomic mass is 10.1. The molecule has 3 aromatic rings. The monoisotopic (exact) mass is 466 g/mol. The minimum absolute atomic E-state index is 0.0819. The Balaban J connectivity index is 1.58. The average Bonchev–Trinajstić information content (AvgIpc) is 3.28. The predicted octanol–water partition coefficient (Wildman–Crippen LogP) is 3.95. The highest BCUT2D eigenvalue weighted by atomic mass is 32.2. The van der Waals surface area contributed by atoms with Crippen LogP contribution in [0.2, 0.25) is 0 Å². The van der Waals surface area contributed by atoms with Crippen LogP contribution in [0.1, 0.15) is 34.5 Å². The minimum atomic E-state index is -3.79. The fourth-order valence-electron chi connectivity index (χ4n) is 4.02. The Morgan fingerprint density at radius 2 is 1.79 bits per heavy atom. The van der Waals surface area contributed by atoms with E-state index in [2.05, 4.69) is 5.32 Å². The average molecular weight is 467 g/mol. The lowest BCUT2D eigenvalue weighted by Crippen LogP contribution is -2.30. The number of benzene rings is 3. The molecule has 8 heteroatoms. The Hall–Kier alpha value is -3.52. The third-order valence-electron chi connectivity index (χ3n) is 5.78. The van der Waals surface area contributed by atoms with Gasteiger partial charge in [0.05, 0.1) is 30.8 Å². The van der Waals surface area contributed by atoms with Crippen molar-refractivity contribution in [2.24, 2.45) is 0 Å². The maximum atomic E-state index is 13.3. The van der Waals surface area contributed by atoms with Crippen molar-refractivity contribution in [2.45, 2.75) is 24.3 Å². The Morgan fingerprint density at radius 3 is 2.55 bits per heavy atom. The van der Waals surface area contributed by atoms with Crippen molar-refractivity contribution < 1.29 is 22.7 Å². The molecule has 1 amide bonds. The summed E-state index contributed by atoms with van der Waals surface area (Å²) in [5, 5.41) is 2.92. The van der Waals surface area contributed by atoms with Gasteiger partial charge in [0.2, 0.25) is 0 Å². The topological polar surface area (TPSA) is 84.9 Å². The molecule has 3 aromatic carbocycles. The molecule has 1 unspecified atom stereocenters. The third-order valence-corrected chi connectivity index (χ3v) is 7.59. The van der Waals surface area contributed by atoms with Gasteiger partial charge in [0, 0.05) is 17.7 Å². The summed E-state index contributed by atoms with van der Waals surface area (Å²) < 4.78 is 38.8. The van der Waals surface area contributed by atoms with Crippen LogP contribution < -0.4 is 19.1 Å². The van der Waals surface area contributed by atoms with Gasteiger partial charge in [-0.15, -0.1) is 0 Å². The van der Waals surface area contributed by atoms with Crippen molar-refractivity contribution in [3.8, 4) is 11.5 Å². The van der Waals surface area contributed by atoms with E-state index in [4.69, 9.17) is 9.47 Å². The van der Waals surface area contributed by atoms with Gasteiger partial charge in [-0.3, -0.25) is 9.10 Å². The third kappa shape index (κ3) is 4.39. The Bertz CT molecular complexity index is 1290. The van der Waals surface area contributed by atoms with Gasteiger partial charge in [-0.05, 0) is 61.4 Å². The molecule has 7 nitrogen and oxygen atoms in total. The first-order valence-electron chi connectivity index (χ1n) is 10.6. The van der Waals surface area contributed by atoms with Crippen molar-refractivity contribution in [1.82, 2.24) is 5.32 Å². The second-order valence-electron chi connectivity index (χ2n) is 7.79. The molecule has 0 saturated carbocycles. The van der Waals surface area contributed by atoms with Crippen LogP contribution in [0.3, 0.4) is 0 Å². The fourth-order valence-corrected chi connectivity index (χ4v) is 5.57. The summed E-state index contributed by atoms with van der Waals surface area (Å²) in [6.45, 7) is 2.21. The van der Waals surface area contributed by atoms with Crippen molar-refractivity contribution in [3.05, 3.63) is 83.4 Å². The molecule has 1 aliphatic heterocycles. The first-order chi connectivity index (χ1) is 15.8. The first kappa shape index (κ1) is 22.7. The van der Waals surface area contributed by atoms with Crippen LogP contribution in [-0.4, -0.2) is 35.1 Å². The Morgan fingerprint density at radius 1 is 1.00 bits per heavy atom. The zero-order valence-electron chi connectivity index (χ0n) is 18.7. The highest BCUT2D eigenvalue weighted by Gasteiger charge is 2.31. The van der Waals surface area contributed by atoms with Gasteiger partial charge in [0.25, 0.3) is 15.9 Å². The number of nitrogens with zero attached hydrogens (tertiary/aromatic N) is 1. The van der Waals surface area contributed by atoms with E-state index >= 15 is 0 Å². The number of hydrogen-bond donors (Lipinski definition) is 1. The number of para-hydroxylation sites is 1. The second-order valence-corrected chi connectivity index (χ2v) is 9.65. The first-order valence-corrected chi connectivity index (χ1v) is 12.0. The molecule has 0 spiro atoms. The maximum absolute atomic E-state index is 13.3. The van der Waals surface area contributed by atoms with E-state index in [-0.39, 0.29) is 16.4 Å². The number of ether oxygens (including phenoxy) is 2. The van der Waals surface area contributed by atoms with Gasteiger partial charge in [-0.1, -0.05) is 24.3 Å². The quantitative estimate of drug-likeness (QED) is 0.570. The number of carbonyl (C=O) groups excluding carboxylic acids is 1. The molecule has 0 aromatic heterocycles. The number of hydrogen-bond acceptors (Lipinski definition) is 5. The number of methoxy groups -OCH3 is 2. The van der Waals surface area contributed by atoms with Gasteiger partial charge in [0.1, 0.15) is 11.5 Å². The Labute approximate surface area is 194 Å². The summed E-state index contributed by atoms with van der Waals surface area (Å²) in [6.07, 6.45) is 0.662. The number of anilines is 1. The van der Waals surface area contributed by atoms with E-state index in [1.54, 1.807) is 50.6 Å². The number of fused-ring (bicyclic) bond motifs is 1. The lowest BCUT2D eigenvalue weighted by molar-refractivity contribution is 0.0939. The van der Waals surface area contributed by atoms with Gasteiger partial charge >= 0.3 is 0 Å². The summed E-state index contributed by atoms with van der Waals surface area (Å²) in [4.78, 5) is 13.1. The van der Waals surface area contributed by atoms with Crippen LogP contribution in [0.15, 0.2) is 71.6 Å². The maximum Gasteiger partial charge on any atom is 0.264 e. The van der Waals surface area contributed by atoms with Crippen molar-refractivity contribution >= 4 is 21.6 Å². The van der Waals surface area contributed by atoms with Gasteiger partial charge in [-0.2, -0.15) is 0 Å². The van der Waals surface area contributed by atoms with Gasteiger partial charge in [-0.25, -0.2) is 8.42 Å². The second kappa shape index (κ2) is 9.15. The number of rotatable bonds is 7. The summed E-state index contributed by atoms with van der Waals surface area (Å²) in [5.74, 6) is 0.879. The van der Waals surface area contributed by atoms with Crippen molar-refractivity contribution in [3.63, 3.8) is 0 Å². The van der Waals surface area contributed by atoms with Crippen LogP contribution in [0, 0.1) is 0 Å². The smallest absolute Gasteiger partial charge is 0.264 e. The van der Waals surface area contributed by atoms with E-state index in [0.29, 0.717) is 30.2 Å². The van der Waals surface area contributed by atoms with Crippen LogP contribution in [0.5, 0.6) is 11.5 Å². The van der Waals surface area contributed by atoms with Crippen molar-refractivity contribution in [1.29, 1.82) is 0 Å². The molecular weight excluding hydrogens is 440 g/mol. The SMILES string of the molecule is COc1ccc(OC)c(C(C)NC(=O)c2cccc(S(=O)(=O)N3CCc4ccccc43)c2)c1. The molecule has 4 rings (SSSR count). The van der Waals surface area contributed by atoms with Crippen LogP contribution >= 0.6 is 0 Å². The van der Waals surface area contributed by atoms with E-state index in [1.165, 1.54) is 16.4 Å². The molecular formula is C25H26N2O5S. The zero-order valence-corrected chi connectivity index (χ0v) is 19.6. The molecule has 0 radical (unpaired) electrons. The van der Waals surface area contributed by atoms with Crippen LogP contribution in [-0.2, 0) is 16.4 Å². The summed E-state index contributed by atoms with van der Waals surface area (Å²) in [6, 6.07) is 18.5. The van der Waals surface area contributed by atoms with E-state index in [0.717, 1.165) is 11.1 Å². The van der Waals surface area contributed by atoms with E-state index in [1.807, 2.05) is 25.1 Å². The predicted molar refractivity (Wildman–Crippen MR) is 127 cm³/mol. The largest absolute Gasteiger partial charge is 0.497 e. The molecule has 33 heavy (non-hydrogen) atoms. The summed E-state index contributed by atoms with van der Waals surface area (Å²) in [5.41, 5.74) is 2.70. The zero-order chi connectivity index (χ0) is 23.6. The summed E-state index contributed by atoms with van der Waals surface area (Å²) >= 11 is 0. The molecule has 1 heterocycles. The van der Waals surface area contributed by atoms with Gasteiger partial charge in [0.15, 0.2) is 0 Å². The summed E-state index contributed by atoms with van der Waals surface area (Å²) in [7, 11) is -0.662. The Kier molecular flexibility index (Phi) is 6.29. The number of amides is 1. The molecule has 1 N–H and O–H groups in total.